The zero-order chi connectivity index (χ0) is 21.8. The number of nitrogens with zero attached hydrogens (tertiary/aromatic N) is 1. The molecule has 1 atom stereocenters. The van der Waals surface area contributed by atoms with Crippen molar-refractivity contribution in [3.05, 3.63) is 76.0 Å². The number of allylic oxidation sites excluding steroid dienone is 1. The Bertz CT molecular complexity index is 1020. The molecule has 1 unspecified atom stereocenters. The molecule has 1 heterocycles. The van der Waals surface area contributed by atoms with Crippen molar-refractivity contribution in [1.29, 1.82) is 0 Å². The number of aromatic hydroxyl groups is 1. The van der Waals surface area contributed by atoms with Crippen LogP contribution in [0.1, 0.15) is 24.1 Å². The van der Waals surface area contributed by atoms with Gasteiger partial charge in [-0.15, -0.1) is 0 Å². The second kappa shape index (κ2) is 8.87. The summed E-state index contributed by atoms with van der Waals surface area (Å²) in [5.41, 5.74) is 1.32. The van der Waals surface area contributed by atoms with E-state index in [1.807, 2.05) is 0 Å². The molecule has 0 bridgehead atoms. The molecule has 8 nitrogen and oxygen atoms in total. The summed E-state index contributed by atoms with van der Waals surface area (Å²) in [5.74, 6) is -1.11. The van der Waals surface area contributed by atoms with Crippen molar-refractivity contribution in [2.75, 3.05) is 6.54 Å². The summed E-state index contributed by atoms with van der Waals surface area (Å²) < 4.78 is 0. The molecule has 0 aromatic heterocycles. The molecule has 9 heteroatoms. The van der Waals surface area contributed by atoms with Gasteiger partial charge in [0.15, 0.2) is 0 Å². The molecule has 0 fully saturated rings. The first kappa shape index (κ1) is 21.2. The van der Waals surface area contributed by atoms with Gasteiger partial charge in [-0.05, 0) is 48.7 Å². The Hall–Kier alpha value is -3.52. The molecule has 156 valence electrons. The number of phenols is 1. The van der Waals surface area contributed by atoms with Gasteiger partial charge in [0.2, 0.25) is 0 Å². The van der Waals surface area contributed by atoms with Crippen LogP contribution in [0, 0.1) is 0 Å². The molecule has 0 spiro atoms. The summed E-state index contributed by atoms with van der Waals surface area (Å²) in [6.45, 7) is 1.68. The summed E-state index contributed by atoms with van der Waals surface area (Å²) in [7, 11) is 0. The molecule has 30 heavy (non-hydrogen) atoms. The fourth-order valence-corrected chi connectivity index (χ4v) is 3.48. The maximum Gasteiger partial charge on any atom is 0.335 e. The van der Waals surface area contributed by atoms with Crippen molar-refractivity contribution in [2.24, 2.45) is 0 Å². The van der Waals surface area contributed by atoms with Crippen molar-refractivity contribution < 1.29 is 24.6 Å². The fraction of sp³-hybridized carbons (Fsp3) is 0.190. The van der Waals surface area contributed by atoms with Crippen LogP contribution in [0.2, 0.25) is 5.02 Å². The number of rotatable bonds is 5. The average molecular weight is 430 g/mol. The quantitative estimate of drug-likeness (QED) is 0.580. The van der Waals surface area contributed by atoms with Gasteiger partial charge in [-0.1, -0.05) is 35.9 Å². The minimum Gasteiger partial charge on any atom is -0.508 e. The number of aliphatic carboxylic acids is 1. The van der Waals surface area contributed by atoms with E-state index in [9.17, 15) is 24.6 Å². The van der Waals surface area contributed by atoms with Crippen molar-refractivity contribution in [3.8, 4) is 5.75 Å². The van der Waals surface area contributed by atoms with Gasteiger partial charge in [0.25, 0.3) is 0 Å². The van der Waals surface area contributed by atoms with Gasteiger partial charge in [0, 0.05) is 17.3 Å². The van der Waals surface area contributed by atoms with Crippen LogP contribution in [-0.2, 0) is 11.2 Å². The Labute approximate surface area is 177 Å². The molecule has 1 aliphatic rings. The monoisotopic (exact) mass is 429 g/mol. The van der Waals surface area contributed by atoms with Crippen LogP contribution < -0.4 is 10.6 Å². The Kier molecular flexibility index (Phi) is 6.27. The topological polar surface area (TPSA) is 119 Å². The molecule has 0 saturated heterocycles. The highest BCUT2D eigenvalue weighted by molar-refractivity contribution is 6.30. The number of benzene rings is 2. The fourth-order valence-electron chi connectivity index (χ4n) is 3.28. The summed E-state index contributed by atoms with van der Waals surface area (Å²) in [4.78, 5) is 38.2. The minimum absolute atomic E-state index is 0.120. The third kappa shape index (κ3) is 4.55. The zero-order valence-electron chi connectivity index (χ0n) is 16.1. The van der Waals surface area contributed by atoms with E-state index in [-0.39, 0.29) is 23.6 Å². The van der Waals surface area contributed by atoms with Crippen LogP contribution in [0.4, 0.5) is 9.59 Å². The van der Waals surface area contributed by atoms with Crippen LogP contribution in [0.3, 0.4) is 0 Å². The molecule has 0 saturated carbocycles. The SMILES string of the molecule is CC1=C(C(=O)O)C(c2cccc(Cl)c2)N(C(=O)NCCc2ccc(O)cc2)C(=O)N1. The van der Waals surface area contributed by atoms with Gasteiger partial charge >= 0.3 is 18.0 Å². The summed E-state index contributed by atoms with van der Waals surface area (Å²) in [6.07, 6.45) is 0.462. The molecular weight excluding hydrogens is 410 g/mol. The zero-order valence-corrected chi connectivity index (χ0v) is 16.8. The van der Waals surface area contributed by atoms with Crippen LogP contribution in [0.15, 0.2) is 59.8 Å². The number of carbonyl (C=O) groups excluding carboxylic acids is 2. The number of carboxylic acids is 1. The van der Waals surface area contributed by atoms with Gasteiger partial charge < -0.3 is 20.8 Å². The van der Waals surface area contributed by atoms with Crippen molar-refractivity contribution in [2.45, 2.75) is 19.4 Å². The van der Waals surface area contributed by atoms with Crippen molar-refractivity contribution in [1.82, 2.24) is 15.5 Å². The molecular formula is C21H20ClN3O5. The number of imide groups is 1. The van der Waals surface area contributed by atoms with E-state index in [2.05, 4.69) is 10.6 Å². The lowest BCUT2D eigenvalue weighted by Crippen LogP contribution is -2.54. The first-order chi connectivity index (χ1) is 14.3. The van der Waals surface area contributed by atoms with E-state index >= 15 is 0 Å². The predicted octanol–water partition coefficient (Wildman–Crippen LogP) is 3.42. The molecule has 1 aliphatic heterocycles. The van der Waals surface area contributed by atoms with Gasteiger partial charge in [0.1, 0.15) is 11.8 Å². The smallest absolute Gasteiger partial charge is 0.335 e. The number of amides is 4. The molecule has 0 aliphatic carbocycles. The third-order valence-corrected chi connectivity index (χ3v) is 4.92. The number of hydrogen-bond donors (Lipinski definition) is 4. The average Bonchev–Trinajstić information content (AvgIpc) is 2.68. The lowest BCUT2D eigenvalue weighted by molar-refractivity contribution is -0.133. The minimum atomic E-state index is -1.25. The van der Waals surface area contributed by atoms with Gasteiger partial charge in [-0.25, -0.2) is 19.3 Å². The van der Waals surface area contributed by atoms with Crippen LogP contribution in [-0.4, -0.2) is 39.7 Å². The third-order valence-electron chi connectivity index (χ3n) is 4.69. The number of phenolic OH excluding ortho intramolecular Hbond substituents is 1. The van der Waals surface area contributed by atoms with E-state index in [4.69, 9.17) is 11.6 Å². The normalized spacial score (nSPS) is 16.3. The molecule has 2 aromatic rings. The number of carboxylic acid groups (broad SMARTS) is 1. The highest BCUT2D eigenvalue weighted by Gasteiger charge is 2.41. The number of nitrogens with one attached hydrogen (secondary N) is 2. The number of urea groups is 2. The summed E-state index contributed by atoms with van der Waals surface area (Å²) >= 11 is 6.05. The van der Waals surface area contributed by atoms with Gasteiger partial charge in [-0.2, -0.15) is 0 Å². The van der Waals surface area contributed by atoms with Crippen LogP contribution in [0.25, 0.3) is 0 Å². The highest BCUT2D eigenvalue weighted by atomic mass is 35.5. The van der Waals surface area contributed by atoms with E-state index in [0.717, 1.165) is 10.5 Å². The molecule has 2 aromatic carbocycles. The molecule has 4 amide bonds. The lowest BCUT2D eigenvalue weighted by Gasteiger charge is -2.35. The molecule has 3 rings (SSSR count). The maximum atomic E-state index is 12.9. The molecule has 0 radical (unpaired) electrons. The lowest BCUT2D eigenvalue weighted by atomic mass is 9.94. The number of carbonyl (C=O) groups is 3. The second-order valence-corrected chi connectivity index (χ2v) is 7.19. The summed E-state index contributed by atoms with van der Waals surface area (Å²) in [5, 5.41) is 24.5. The Balaban J connectivity index is 1.86. The first-order valence-corrected chi connectivity index (χ1v) is 9.51. The standard InChI is InChI=1S/C21H20ClN3O5/c1-12-17(19(27)28)18(14-3-2-4-15(22)11-14)25(21(30)24-12)20(29)23-10-9-13-5-7-16(26)8-6-13/h2-8,11,18,26H,9-10H2,1H3,(H,23,29)(H,24,30)(H,27,28). The largest absolute Gasteiger partial charge is 0.508 e. The first-order valence-electron chi connectivity index (χ1n) is 9.13. The van der Waals surface area contributed by atoms with E-state index in [1.54, 1.807) is 30.3 Å². The van der Waals surface area contributed by atoms with Crippen molar-refractivity contribution >= 4 is 29.6 Å². The number of hydrogen-bond acceptors (Lipinski definition) is 4. The van der Waals surface area contributed by atoms with E-state index in [0.29, 0.717) is 17.0 Å². The number of halogens is 1. The Morgan fingerprint density at radius 2 is 1.90 bits per heavy atom. The predicted molar refractivity (Wildman–Crippen MR) is 110 cm³/mol. The van der Waals surface area contributed by atoms with E-state index < -0.39 is 24.1 Å². The Morgan fingerprint density at radius 3 is 2.53 bits per heavy atom. The second-order valence-electron chi connectivity index (χ2n) is 6.75. The summed E-state index contributed by atoms with van der Waals surface area (Å²) in [6, 6.07) is 10.3. The highest BCUT2D eigenvalue weighted by Crippen LogP contribution is 2.34. The Morgan fingerprint density at radius 1 is 1.20 bits per heavy atom. The molecule has 4 N–H and O–H groups in total. The van der Waals surface area contributed by atoms with Gasteiger partial charge in [0.05, 0.1) is 5.57 Å². The van der Waals surface area contributed by atoms with Crippen molar-refractivity contribution in [3.63, 3.8) is 0 Å². The van der Waals surface area contributed by atoms with E-state index in [1.165, 1.54) is 25.1 Å². The van der Waals surface area contributed by atoms with Crippen LogP contribution in [0.5, 0.6) is 5.75 Å². The van der Waals surface area contributed by atoms with Gasteiger partial charge in [-0.3, -0.25) is 0 Å². The van der Waals surface area contributed by atoms with Crippen LogP contribution >= 0.6 is 11.6 Å². The maximum absolute atomic E-state index is 12.9.